The molecule has 0 fully saturated rings. The number of anilines is 1. The zero-order valence-corrected chi connectivity index (χ0v) is 19.2. The van der Waals surface area contributed by atoms with Crippen molar-refractivity contribution in [3.63, 3.8) is 0 Å². The molecule has 3 aromatic rings. The van der Waals surface area contributed by atoms with Crippen molar-refractivity contribution in [2.45, 2.75) is 0 Å². The van der Waals surface area contributed by atoms with E-state index in [4.69, 9.17) is 4.74 Å². The van der Waals surface area contributed by atoms with Gasteiger partial charge in [-0.3, -0.25) is 4.79 Å². The first kappa shape index (κ1) is 21.7. The van der Waals surface area contributed by atoms with Gasteiger partial charge >= 0.3 is 5.97 Å². The monoisotopic (exact) mass is 572 g/mol. The maximum Gasteiger partial charge on any atom is 0.344 e. The molecule has 0 radical (unpaired) electrons. The van der Waals surface area contributed by atoms with Gasteiger partial charge in [0.25, 0.3) is 5.91 Å². The lowest BCUT2D eigenvalue weighted by Gasteiger charge is -2.07. The Kier molecular flexibility index (Phi) is 7.38. The predicted molar refractivity (Wildman–Crippen MR) is 127 cm³/mol. The number of ether oxygens (including phenoxy) is 1. The van der Waals surface area contributed by atoms with Crippen LogP contribution in [0, 0.1) is 14.9 Å². The number of esters is 1. The minimum atomic E-state index is -0.494. The zero-order valence-electron chi connectivity index (χ0n) is 15.4. The van der Waals surface area contributed by atoms with Crippen LogP contribution in [0.15, 0.2) is 82.8 Å². The number of rotatable bonds is 5. The molecule has 0 aromatic heterocycles. The fourth-order valence-electron chi connectivity index (χ4n) is 2.49. The lowest BCUT2D eigenvalue weighted by Crippen LogP contribution is -2.14. The molecule has 0 saturated carbocycles. The van der Waals surface area contributed by atoms with Gasteiger partial charge in [0.1, 0.15) is 17.4 Å². The average molecular weight is 573 g/mol. The van der Waals surface area contributed by atoms with Gasteiger partial charge in [0, 0.05) is 8.04 Å². The molecule has 0 bridgehead atoms. The summed E-state index contributed by atoms with van der Waals surface area (Å²) in [6, 6.07) is 22.7. The molecule has 0 aliphatic carbocycles. The number of nitrogens with zero attached hydrogens (tertiary/aromatic N) is 1. The minimum Gasteiger partial charge on any atom is -0.423 e. The second kappa shape index (κ2) is 10.2. The van der Waals surface area contributed by atoms with Crippen molar-refractivity contribution in [1.29, 1.82) is 5.26 Å². The largest absolute Gasteiger partial charge is 0.423 e. The molecule has 0 aliphatic rings. The molecule has 1 amide bonds. The second-order valence-corrected chi connectivity index (χ2v) is 8.06. The molecule has 3 aromatic carbocycles. The zero-order chi connectivity index (χ0) is 21.5. The summed E-state index contributed by atoms with van der Waals surface area (Å²) >= 11 is 5.43. The fourth-order valence-corrected chi connectivity index (χ4v) is 3.46. The van der Waals surface area contributed by atoms with E-state index < -0.39 is 11.9 Å². The molecule has 0 saturated heterocycles. The van der Waals surface area contributed by atoms with Crippen LogP contribution in [0.5, 0.6) is 5.75 Å². The van der Waals surface area contributed by atoms with Crippen LogP contribution >= 0.6 is 38.5 Å². The number of benzene rings is 3. The molecule has 0 aliphatic heterocycles. The molecule has 0 atom stereocenters. The highest BCUT2D eigenvalue weighted by atomic mass is 127. The van der Waals surface area contributed by atoms with E-state index in [1.807, 2.05) is 30.3 Å². The maximum atomic E-state index is 12.4. The SMILES string of the molecule is N#C/C(=C/c1ccc(OC(=O)c2ccccc2Br)cc1)C(=O)Nc1ccccc1I. The van der Waals surface area contributed by atoms with Crippen molar-refractivity contribution < 1.29 is 14.3 Å². The van der Waals surface area contributed by atoms with Crippen LogP contribution in [-0.4, -0.2) is 11.9 Å². The predicted octanol–water partition coefficient (Wildman–Crippen LogP) is 5.82. The van der Waals surface area contributed by atoms with Gasteiger partial charge in [-0.2, -0.15) is 5.26 Å². The van der Waals surface area contributed by atoms with E-state index in [2.05, 4.69) is 43.8 Å². The standard InChI is InChI=1S/C23H14BrIN2O3/c24-19-6-2-1-5-18(19)23(29)30-17-11-9-15(10-12-17)13-16(14-26)22(28)27-21-8-4-3-7-20(21)25/h1-13H,(H,27,28)/b16-13-. The van der Waals surface area contributed by atoms with Gasteiger partial charge in [0.2, 0.25) is 0 Å². The molecule has 3 rings (SSSR count). The average Bonchev–Trinajstić information content (AvgIpc) is 2.75. The van der Waals surface area contributed by atoms with E-state index in [1.165, 1.54) is 6.08 Å². The highest BCUT2D eigenvalue weighted by Gasteiger charge is 2.13. The number of para-hydroxylation sites is 1. The Morgan fingerprint density at radius 3 is 2.33 bits per heavy atom. The Morgan fingerprint density at radius 1 is 1.00 bits per heavy atom. The third kappa shape index (κ3) is 5.55. The molecule has 5 nitrogen and oxygen atoms in total. The first-order valence-corrected chi connectivity index (χ1v) is 10.6. The molecular weight excluding hydrogens is 559 g/mol. The number of hydrogen-bond acceptors (Lipinski definition) is 4. The molecule has 0 heterocycles. The van der Waals surface area contributed by atoms with Crippen molar-refractivity contribution in [3.8, 4) is 11.8 Å². The van der Waals surface area contributed by atoms with E-state index in [9.17, 15) is 14.9 Å². The van der Waals surface area contributed by atoms with Crippen LogP contribution in [0.25, 0.3) is 6.08 Å². The van der Waals surface area contributed by atoms with Crippen molar-refractivity contribution in [3.05, 3.63) is 97.5 Å². The van der Waals surface area contributed by atoms with Crippen LogP contribution in [-0.2, 0) is 4.79 Å². The van der Waals surface area contributed by atoms with Crippen molar-refractivity contribution in [2.75, 3.05) is 5.32 Å². The van der Waals surface area contributed by atoms with Gasteiger partial charge in [-0.25, -0.2) is 4.79 Å². The third-order valence-corrected chi connectivity index (χ3v) is 5.61. The smallest absolute Gasteiger partial charge is 0.344 e. The highest BCUT2D eigenvalue weighted by Crippen LogP contribution is 2.21. The molecule has 0 spiro atoms. The Morgan fingerprint density at radius 2 is 1.67 bits per heavy atom. The summed E-state index contributed by atoms with van der Waals surface area (Å²) in [6.07, 6.45) is 1.48. The van der Waals surface area contributed by atoms with Crippen LogP contribution < -0.4 is 10.1 Å². The number of amides is 1. The Balaban J connectivity index is 1.71. The van der Waals surface area contributed by atoms with E-state index in [1.54, 1.807) is 48.5 Å². The summed E-state index contributed by atoms with van der Waals surface area (Å²) in [6.45, 7) is 0. The second-order valence-electron chi connectivity index (χ2n) is 6.04. The topological polar surface area (TPSA) is 79.2 Å². The van der Waals surface area contributed by atoms with E-state index in [-0.39, 0.29) is 5.57 Å². The molecule has 1 N–H and O–H groups in total. The van der Waals surface area contributed by atoms with Crippen LogP contribution in [0.4, 0.5) is 5.69 Å². The summed E-state index contributed by atoms with van der Waals surface area (Å²) in [5, 5.41) is 12.1. The van der Waals surface area contributed by atoms with Gasteiger partial charge < -0.3 is 10.1 Å². The van der Waals surface area contributed by atoms with E-state index >= 15 is 0 Å². The number of halogens is 2. The Labute approximate surface area is 195 Å². The van der Waals surface area contributed by atoms with Crippen LogP contribution in [0.3, 0.4) is 0 Å². The van der Waals surface area contributed by atoms with Gasteiger partial charge in [0.15, 0.2) is 0 Å². The molecule has 148 valence electrons. The fraction of sp³-hybridized carbons (Fsp3) is 0. The molecular formula is C23H14BrIN2O3. The van der Waals surface area contributed by atoms with Gasteiger partial charge in [-0.15, -0.1) is 0 Å². The van der Waals surface area contributed by atoms with Crippen molar-refractivity contribution >= 4 is 62.2 Å². The van der Waals surface area contributed by atoms with Crippen LogP contribution in [0.2, 0.25) is 0 Å². The molecule has 7 heteroatoms. The van der Waals surface area contributed by atoms with Gasteiger partial charge in [0.05, 0.1) is 11.3 Å². The number of hydrogen-bond donors (Lipinski definition) is 1. The summed E-state index contributed by atoms with van der Waals surface area (Å²) in [5.74, 6) is -0.624. The highest BCUT2D eigenvalue weighted by molar-refractivity contribution is 14.1. The van der Waals surface area contributed by atoms with Gasteiger partial charge in [-0.1, -0.05) is 36.4 Å². The van der Waals surface area contributed by atoms with E-state index in [0.29, 0.717) is 27.0 Å². The first-order valence-electron chi connectivity index (χ1n) is 8.72. The minimum absolute atomic E-state index is 0.0346. The number of nitriles is 1. The Bertz CT molecular complexity index is 1170. The third-order valence-electron chi connectivity index (χ3n) is 3.98. The molecule has 0 unspecified atom stereocenters. The number of carbonyl (C=O) groups excluding carboxylic acids is 2. The van der Waals surface area contributed by atoms with Crippen molar-refractivity contribution in [1.82, 2.24) is 0 Å². The number of carbonyl (C=O) groups is 2. The maximum absolute atomic E-state index is 12.4. The first-order chi connectivity index (χ1) is 14.5. The lowest BCUT2D eigenvalue weighted by molar-refractivity contribution is -0.112. The summed E-state index contributed by atoms with van der Waals surface area (Å²) in [4.78, 5) is 24.7. The van der Waals surface area contributed by atoms with Gasteiger partial charge in [-0.05, 0) is 86.6 Å². The van der Waals surface area contributed by atoms with E-state index in [0.717, 1.165) is 3.57 Å². The van der Waals surface area contributed by atoms with Crippen LogP contribution in [0.1, 0.15) is 15.9 Å². The van der Waals surface area contributed by atoms with Crippen molar-refractivity contribution in [2.24, 2.45) is 0 Å². The summed E-state index contributed by atoms with van der Waals surface area (Å²) in [5.41, 5.74) is 1.65. The quantitative estimate of drug-likeness (QED) is 0.137. The number of nitrogens with one attached hydrogen (secondary N) is 1. The Hall–Kier alpha value is -2.96. The lowest BCUT2D eigenvalue weighted by atomic mass is 10.1. The normalized spacial score (nSPS) is 10.8. The molecule has 30 heavy (non-hydrogen) atoms. The summed E-state index contributed by atoms with van der Waals surface area (Å²) < 4.78 is 6.89. The summed E-state index contributed by atoms with van der Waals surface area (Å²) in [7, 11) is 0.